The average Bonchev–Trinajstić information content (AvgIpc) is 2.81. The lowest BCUT2D eigenvalue weighted by molar-refractivity contribution is -0.384. The molecule has 1 heterocycles. The standard InChI is InChI=1S/C9H7N3O2.F2OS/c13-12(14)8-3-1-7(2-4-8)9-5-10-6-11-9;1-4(2)3/h1-6H,(H,10,11);. The third-order valence-corrected chi connectivity index (χ3v) is 1.89. The maximum absolute atomic E-state index is 10.4. The van der Waals surface area contributed by atoms with Gasteiger partial charge >= 0.3 is 11.6 Å². The Morgan fingerprint density at radius 2 is 1.83 bits per heavy atom. The van der Waals surface area contributed by atoms with Gasteiger partial charge in [0.25, 0.3) is 5.69 Å². The first kappa shape index (κ1) is 13.9. The maximum atomic E-state index is 10.4. The number of nitrogens with one attached hydrogen (secondary N) is 1. The summed E-state index contributed by atoms with van der Waals surface area (Å²) in [5.74, 6) is 0. The molecule has 2 aromatic rings. The molecule has 2 rings (SSSR count). The van der Waals surface area contributed by atoms with E-state index in [-0.39, 0.29) is 5.69 Å². The number of imidazole rings is 1. The minimum atomic E-state index is -3.61. The van der Waals surface area contributed by atoms with Crippen LogP contribution in [0.4, 0.5) is 13.5 Å². The van der Waals surface area contributed by atoms with Gasteiger partial charge in [-0.15, -0.1) is 0 Å². The van der Waals surface area contributed by atoms with Crippen LogP contribution in [0.2, 0.25) is 0 Å². The first-order valence-corrected chi connectivity index (χ1v) is 5.43. The quantitative estimate of drug-likeness (QED) is 0.518. The third kappa shape index (κ3) is 4.37. The van der Waals surface area contributed by atoms with E-state index >= 15 is 0 Å². The van der Waals surface area contributed by atoms with Crippen molar-refractivity contribution in [2.24, 2.45) is 0 Å². The van der Waals surface area contributed by atoms with Crippen molar-refractivity contribution in [1.29, 1.82) is 0 Å². The fraction of sp³-hybridized carbons (Fsp3) is 0. The van der Waals surface area contributed by atoms with Crippen molar-refractivity contribution in [3.8, 4) is 11.3 Å². The summed E-state index contributed by atoms with van der Waals surface area (Å²) in [4.78, 5) is 16.8. The Labute approximate surface area is 103 Å². The van der Waals surface area contributed by atoms with E-state index in [0.29, 0.717) is 0 Å². The molecule has 0 saturated heterocycles. The fourth-order valence-corrected chi connectivity index (χ4v) is 1.18. The second kappa shape index (κ2) is 6.55. The van der Waals surface area contributed by atoms with Crippen LogP contribution in [0.3, 0.4) is 0 Å². The summed E-state index contributed by atoms with van der Waals surface area (Å²) in [6, 6.07) is 6.31. The van der Waals surface area contributed by atoms with Gasteiger partial charge in [0.1, 0.15) is 0 Å². The molecule has 1 aromatic carbocycles. The van der Waals surface area contributed by atoms with Crippen LogP contribution >= 0.6 is 0 Å². The molecule has 0 saturated carbocycles. The number of nitro groups is 1. The summed E-state index contributed by atoms with van der Waals surface area (Å²) >= 11 is -3.61. The second-order valence-corrected chi connectivity index (χ2v) is 3.32. The molecular weight excluding hydrogens is 268 g/mol. The van der Waals surface area contributed by atoms with E-state index in [1.165, 1.54) is 12.1 Å². The van der Waals surface area contributed by atoms with E-state index in [1.807, 2.05) is 0 Å². The Balaban J connectivity index is 0.000000357. The molecule has 0 spiro atoms. The molecule has 0 bridgehead atoms. The van der Waals surface area contributed by atoms with Crippen molar-refractivity contribution in [1.82, 2.24) is 9.97 Å². The molecule has 0 aliphatic heterocycles. The predicted octanol–water partition coefficient (Wildman–Crippen LogP) is 2.49. The first-order valence-electron chi connectivity index (χ1n) is 4.48. The van der Waals surface area contributed by atoms with Crippen LogP contribution in [-0.2, 0) is 11.6 Å². The molecule has 1 aromatic heterocycles. The number of hydrogen-bond donors (Lipinski definition) is 1. The maximum Gasteiger partial charge on any atom is 0.385 e. The summed E-state index contributed by atoms with van der Waals surface area (Å²) in [6.07, 6.45) is 3.23. The minimum absolute atomic E-state index is 0.0910. The Kier molecular flexibility index (Phi) is 5.06. The molecule has 9 heteroatoms. The zero-order valence-corrected chi connectivity index (χ0v) is 9.56. The van der Waals surface area contributed by atoms with E-state index in [4.69, 9.17) is 4.21 Å². The van der Waals surface area contributed by atoms with Crippen LogP contribution in [0.15, 0.2) is 36.8 Å². The lowest BCUT2D eigenvalue weighted by Gasteiger charge is -1.95. The van der Waals surface area contributed by atoms with Gasteiger partial charge < -0.3 is 4.98 Å². The van der Waals surface area contributed by atoms with Gasteiger partial charge in [0, 0.05) is 17.7 Å². The van der Waals surface area contributed by atoms with Crippen LogP contribution in [0.25, 0.3) is 11.3 Å². The molecule has 0 atom stereocenters. The van der Waals surface area contributed by atoms with Gasteiger partial charge in [-0.2, -0.15) is 4.21 Å². The number of H-pyrrole nitrogens is 1. The van der Waals surface area contributed by atoms with Gasteiger partial charge in [0.05, 0.1) is 23.1 Å². The summed E-state index contributed by atoms with van der Waals surface area (Å²) in [5, 5.41) is 10.4. The van der Waals surface area contributed by atoms with Crippen LogP contribution in [0, 0.1) is 10.1 Å². The highest BCUT2D eigenvalue weighted by molar-refractivity contribution is 7.74. The van der Waals surface area contributed by atoms with Crippen molar-refractivity contribution in [3.63, 3.8) is 0 Å². The Morgan fingerprint density at radius 1 is 1.28 bits per heavy atom. The molecule has 96 valence electrons. The molecule has 0 amide bonds. The first-order chi connectivity index (χ1) is 8.50. The topological polar surface area (TPSA) is 88.9 Å². The molecule has 0 radical (unpaired) electrons. The number of non-ortho nitro benzene ring substituents is 1. The molecule has 0 fully saturated rings. The van der Waals surface area contributed by atoms with Crippen LogP contribution < -0.4 is 0 Å². The molecule has 0 aliphatic rings. The summed E-state index contributed by atoms with van der Waals surface area (Å²) in [6.45, 7) is 0. The number of nitro benzene ring substituents is 1. The van der Waals surface area contributed by atoms with Crippen LogP contribution in [-0.4, -0.2) is 19.1 Å². The number of hydrogen-bond acceptors (Lipinski definition) is 4. The van der Waals surface area contributed by atoms with Crippen molar-refractivity contribution in [2.45, 2.75) is 0 Å². The number of nitrogens with zero attached hydrogens (tertiary/aromatic N) is 2. The van der Waals surface area contributed by atoms with E-state index in [9.17, 15) is 17.9 Å². The van der Waals surface area contributed by atoms with E-state index in [2.05, 4.69) is 9.97 Å². The Morgan fingerprint density at radius 3 is 2.22 bits per heavy atom. The SMILES string of the molecule is O=S(F)F.O=[N+]([O-])c1ccc(-c2cnc[nH]2)cc1. The number of benzene rings is 1. The normalized spacial score (nSPS) is 9.72. The van der Waals surface area contributed by atoms with Gasteiger partial charge in [-0.05, 0) is 12.1 Å². The smallest absolute Gasteiger partial charge is 0.345 e. The van der Waals surface area contributed by atoms with Crippen molar-refractivity contribution in [3.05, 3.63) is 46.9 Å². The predicted molar refractivity (Wildman–Crippen MR) is 61.0 cm³/mol. The van der Waals surface area contributed by atoms with Crippen LogP contribution in [0.1, 0.15) is 0 Å². The fourth-order valence-electron chi connectivity index (χ4n) is 1.18. The van der Waals surface area contributed by atoms with E-state index < -0.39 is 16.5 Å². The average molecular weight is 275 g/mol. The second-order valence-electron chi connectivity index (χ2n) is 2.95. The van der Waals surface area contributed by atoms with Gasteiger partial charge in [0.15, 0.2) is 0 Å². The number of aromatic nitrogens is 2. The Bertz CT molecular complexity index is 527. The molecule has 18 heavy (non-hydrogen) atoms. The monoisotopic (exact) mass is 275 g/mol. The molecule has 1 N–H and O–H groups in total. The molecule has 6 nitrogen and oxygen atoms in total. The summed E-state index contributed by atoms with van der Waals surface area (Å²) < 4.78 is 27.8. The van der Waals surface area contributed by atoms with Crippen LogP contribution in [0.5, 0.6) is 0 Å². The highest BCUT2D eigenvalue weighted by atomic mass is 32.2. The third-order valence-electron chi connectivity index (χ3n) is 1.89. The zero-order valence-electron chi connectivity index (χ0n) is 8.75. The highest BCUT2D eigenvalue weighted by Crippen LogP contribution is 2.19. The lowest BCUT2D eigenvalue weighted by Crippen LogP contribution is -1.86. The van der Waals surface area contributed by atoms with Gasteiger partial charge in [0.2, 0.25) is 0 Å². The number of aromatic amines is 1. The van der Waals surface area contributed by atoms with Crippen molar-refractivity contribution >= 4 is 17.3 Å². The highest BCUT2D eigenvalue weighted by Gasteiger charge is 2.05. The molecule has 0 aliphatic carbocycles. The number of rotatable bonds is 2. The van der Waals surface area contributed by atoms with Gasteiger partial charge in [-0.25, -0.2) is 4.98 Å². The van der Waals surface area contributed by atoms with E-state index in [1.54, 1.807) is 24.7 Å². The number of halogens is 2. The molecule has 0 unspecified atom stereocenters. The van der Waals surface area contributed by atoms with Gasteiger partial charge in [-0.1, -0.05) is 7.77 Å². The zero-order chi connectivity index (χ0) is 13.5. The summed E-state index contributed by atoms with van der Waals surface area (Å²) in [7, 11) is 0. The van der Waals surface area contributed by atoms with Crippen molar-refractivity contribution in [2.75, 3.05) is 0 Å². The summed E-state index contributed by atoms with van der Waals surface area (Å²) in [5.41, 5.74) is 1.82. The van der Waals surface area contributed by atoms with Crippen molar-refractivity contribution < 1.29 is 16.9 Å². The largest absolute Gasteiger partial charge is 0.385 e. The van der Waals surface area contributed by atoms with Gasteiger partial charge in [-0.3, -0.25) is 10.1 Å². The Hall–Kier alpha value is -2.16. The van der Waals surface area contributed by atoms with E-state index in [0.717, 1.165) is 11.3 Å². The minimum Gasteiger partial charge on any atom is -0.345 e. The molecular formula is C9H7F2N3O3S. The lowest BCUT2D eigenvalue weighted by atomic mass is 10.1.